The molecule has 0 saturated carbocycles. The molecule has 0 aliphatic carbocycles. The number of rotatable bonds is 0. The average molecular weight is 423 g/mol. The van der Waals surface area contributed by atoms with Gasteiger partial charge in [0, 0.05) is 0 Å². The minimum Gasteiger partial charge on any atom is -0.168 e. The van der Waals surface area contributed by atoms with Crippen LogP contribution in [0.15, 0.2) is 84.9 Å². The van der Waals surface area contributed by atoms with Crippen LogP contribution in [0.1, 0.15) is 0 Å². The van der Waals surface area contributed by atoms with Gasteiger partial charge in [0.25, 0.3) is 0 Å². The first-order chi connectivity index (χ1) is 10.7. The van der Waals surface area contributed by atoms with E-state index < -0.39 is 18.0 Å². The van der Waals surface area contributed by atoms with Gasteiger partial charge < -0.3 is 0 Å². The molecule has 0 unspecified atom stereocenters. The standard InChI is InChI=1S/2C9H7.2ClH.H2Si.Zr/c2*1-2-5-9-7-3-6-8(9)4-1;;;;/h2*1-7H;2*1H;1H2;/q2*-1;;;;+2/p-2. The molecule has 0 aliphatic rings. The monoisotopic (exact) mass is 420 g/mol. The summed E-state index contributed by atoms with van der Waals surface area (Å²) in [6, 6.07) is 29.3. The molecule has 0 nitrogen and oxygen atoms in total. The molecular formula is C18H16Cl2SiZr-2. The summed E-state index contributed by atoms with van der Waals surface area (Å²) >= 11 is -1.57. The first-order valence-electron chi connectivity index (χ1n) is 6.87. The maximum absolute atomic E-state index is 5.25. The zero-order chi connectivity index (χ0) is 15.8. The Kier molecular flexibility index (Phi) is 7.62. The van der Waals surface area contributed by atoms with Crippen LogP contribution in [0.25, 0.3) is 21.5 Å². The number of halogens is 2. The molecule has 0 bridgehead atoms. The molecule has 0 amide bonds. The van der Waals surface area contributed by atoms with Crippen molar-refractivity contribution in [3.63, 3.8) is 0 Å². The number of hydrogen-bond acceptors (Lipinski definition) is 0. The van der Waals surface area contributed by atoms with E-state index in [-0.39, 0.29) is 0 Å². The van der Waals surface area contributed by atoms with Gasteiger partial charge in [0.1, 0.15) is 0 Å². The SMILES string of the molecule is [SiH2]=[Zr]([Cl])[Cl].c1ccc2[cH-]ccc2c1.c1ccc2[cH-]ccc2c1. The molecule has 4 aromatic rings. The third-order valence-electron chi connectivity index (χ3n) is 3.10. The van der Waals surface area contributed by atoms with Crippen LogP contribution in [-0.2, 0) is 18.0 Å². The van der Waals surface area contributed by atoms with Crippen LogP contribution in [0.4, 0.5) is 0 Å². The van der Waals surface area contributed by atoms with E-state index in [2.05, 4.69) is 84.9 Å². The second kappa shape index (κ2) is 9.47. The van der Waals surface area contributed by atoms with Gasteiger partial charge >= 0.3 is 41.9 Å². The summed E-state index contributed by atoms with van der Waals surface area (Å²) in [5.41, 5.74) is 0. The van der Waals surface area contributed by atoms with Gasteiger partial charge in [-0.1, -0.05) is 12.1 Å². The quantitative estimate of drug-likeness (QED) is 0.256. The molecule has 4 heteroatoms. The fourth-order valence-electron chi connectivity index (χ4n) is 2.14. The van der Waals surface area contributed by atoms with Crippen LogP contribution in [0.2, 0.25) is 0 Å². The Morgan fingerprint density at radius 3 is 1.41 bits per heavy atom. The molecule has 0 aliphatic heterocycles. The fraction of sp³-hybridized carbons (Fsp3) is 0. The predicted octanol–water partition coefficient (Wildman–Crippen LogP) is 5.58. The van der Waals surface area contributed by atoms with Crippen molar-refractivity contribution in [2.24, 2.45) is 0 Å². The number of benzene rings is 2. The first-order valence-corrected chi connectivity index (χ1v) is 19.1. The summed E-state index contributed by atoms with van der Waals surface area (Å²) in [4.78, 5) is 0. The third-order valence-corrected chi connectivity index (χ3v) is 3.10. The molecule has 0 spiro atoms. The summed E-state index contributed by atoms with van der Waals surface area (Å²) in [5.74, 6) is 0. The van der Waals surface area contributed by atoms with Crippen LogP contribution in [0, 0.1) is 0 Å². The Morgan fingerprint density at radius 1 is 0.682 bits per heavy atom. The fourth-order valence-corrected chi connectivity index (χ4v) is 2.14. The van der Waals surface area contributed by atoms with Crippen molar-refractivity contribution in [2.45, 2.75) is 0 Å². The second-order valence-electron chi connectivity index (χ2n) is 4.65. The molecule has 4 aromatic carbocycles. The van der Waals surface area contributed by atoms with Gasteiger partial charge in [-0.2, -0.15) is 35.0 Å². The van der Waals surface area contributed by atoms with Gasteiger partial charge in [0.2, 0.25) is 0 Å². The van der Waals surface area contributed by atoms with Crippen molar-refractivity contribution in [1.82, 2.24) is 0 Å². The summed E-state index contributed by atoms with van der Waals surface area (Å²) in [5, 5.41) is 5.32. The van der Waals surface area contributed by atoms with Crippen LogP contribution in [0.5, 0.6) is 0 Å². The molecule has 22 heavy (non-hydrogen) atoms. The minimum atomic E-state index is -1.57. The summed E-state index contributed by atoms with van der Waals surface area (Å²) in [7, 11) is 10.5. The maximum atomic E-state index is 5.25. The Labute approximate surface area is 147 Å². The van der Waals surface area contributed by atoms with E-state index in [1.54, 1.807) is 6.88 Å². The van der Waals surface area contributed by atoms with Gasteiger partial charge in [-0.05, 0) is 0 Å². The molecule has 4 rings (SSSR count). The first kappa shape index (κ1) is 17.7. The van der Waals surface area contributed by atoms with E-state index in [4.69, 9.17) is 17.0 Å². The zero-order valence-electron chi connectivity index (χ0n) is 12.0. The number of fused-ring (bicyclic) bond motifs is 2. The van der Waals surface area contributed by atoms with E-state index in [1.807, 2.05) is 0 Å². The van der Waals surface area contributed by atoms with E-state index in [1.165, 1.54) is 21.5 Å². The maximum Gasteiger partial charge on any atom is -0.0809 e. The zero-order valence-corrected chi connectivity index (χ0v) is 17.4. The average Bonchev–Trinajstić information content (AvgIpc) is 3.16. The predicted molar refractivity (Wildman–Crippen MR) is 99.3 cm³/mol. The van der Waals surface area contributed by atoms with Crippen molar-refractivity contribution >= 4 is 45.4 Å². The second-order valence-corrected chi connectivity index (χ2v) is 22.3. The Bertz CT molecular complexity index is 718. The number of hydrogen-bond donors (Lipinski definition) is 0. The Balaban J connectivity index is 0.000000131. The van der Waals surface area contributed by atoms with E-state index in [0.717, 1.165) is 0 Å². The van der Waals surface area contributed by atoms with Gasteiger partial charge in [0.15, 0.2) is 0 Å². The summed E-state index contributed by atoms with van der Waals surface area (Å²) in [6.45, 7) is 1.73. The van der Waals surface area contributed by atoms with Crippen LogP contribution in [0.3, 0.4) is 0 Å². The normalized spacial score (nSPS) is 9.55. The minimum absolute atomic E-state index is 1.33. The van der Waals surface area contributed by atoms with Crippen molar-refractivity contribution in [3.8, 4) is 0 Å². The topological polar surface area (TPSA) is 0 Å². The van der Waals surface area contributed by atoms with E-state index >= 15 is 0 Å². The Morgan fingerprint density at radius 2 is 1.05 bits per heavy atom. The summed E-state index contributed by atoms with van der Waals surface area (Å²) in [6.07, 6.45) is 0. The van der Waals surface area contributed by atoms with E-state index in [9.17, 15) is 0 Å². The van der Waals surface area contributed by atoms with Crippen LogP contribution >= 0.6 is 17.0 Å². The van der Waals surface area contributed by atoms with Gasteiger partial charge in [0.05, 0.1) is 0 Å². The molecule has 112 valence electrons. The molecular weight excluding hydrogens is 406 g/mol. The van der Waals surface area contributed by atoms with Crippen LogP contribution in [-0.4, -0.2) is 6.88 Å². The molecule has 0 saturated heterocycles. The van der Waals surface area contributed by atoms with Crippen molar-refractivity contribution in [1.29, 1.82) is 0 Å². The largest absolute Gasteiger partial charge is 0.168 e. The molecule has 0 atom stereocenters. The molecule has 0 aromatic heterocycles. The van der Waals surface area contributed by atoms with Crippen molar-refractivity contribution < 1.29 is 18.0 Å². The van der Waals surface area contributed by atoms with Crippen molar-refractivity contribution in [3.05, 3.63) is 84.9 Å². The smallest absolute Gasteiger partial charge is 0.0809 e. The van der Waals surface area contributed by atoms with Crippen LogP contribution < -0.4 is 0 Å². The Hall–Kier alpha value is -0.660. The molecule has 0 heterocycles. The molecule has 0 N–H and O–H groups in total. The van der Waals surface area contributed by atoms with Crippen molar-refractivity contribution in [2.75, 3.05) is 0 Å². The summed E-state index contributed by atoms with van der Waals surface area (Å²) < 4.78 is 0. The van der Waals surface area contributed by atoms with Gasteiger partial charge in [-0.25, -0.2) is 0 Å². The molecule has 0 radical (unpaired) electrons. The molecule has 0 fully saturated rings. The van der Waals surface area contributed by atoms with E-state index in [0.29, 0.717) is 0 Å². The van der Waals surface area contributed by atoms with Gasteiger partial charge in [-0.15, -0.1) is 59.3 Å². The van der Waals surface area contributed by atoms with Gasteiger partial charge in [-0.3, -0.25) is 0 Å². The third kappa shape index (κ3) is 5.85.